The molecule has 2 saturated heterocycles. The predicted octanol–water partition coefficient (Wildman–Crippen LogP) is 3.75. The third-order valence-corrected chi connectivity index (χ3v) is 7.33. The number of esters is 1. The normalized spacial score (nSPS) is 18.8. The molecule has 2 fully saturated rings. The van der Waals surface area contributed by atoms with Gasteiger partial charge in [-0.3, -0.25) is 4.79 Å². The molecule has 1 unspecified atom stereocenters. The van der Waals surface area contributed by atoms with E-state index >= 15 is 0 Å². The van der Waals surface area contributed by atoms with Crippen LogP contribution in [0.15, 0.2) is 36.4 Å². The topological polar surface area (TPSA) is 84.9 Å². The van der Waals surface area contributed by atoms with Crippen molar-refractivity contribution in [2.45, 2.75) is 32.3 Å². The van der Waals surface area contributed by atoms with Gasteiger partial charge in [-0.25, -0.2) is 9.78 Å². The zero-order chi connectivity index (χ0) is 23.5. The number of morpholine rings is 1. The Balaban J connectivity index is 1.43. The molecule has 0 saturated carbocycles. The summed E-state index contributed by atoms with van der Waals surface area (Å²) in [6, 6.07) is 11.4. The summed E-state index contributed by atoms with van der Waals surface area (Å²) in [4.78, 5) is 39.3. The van der Waals surface area contributed by atoms with Gasteiger partial charge in [-0.1, -0.05) is 41.7 Å². The van der Waals surface area contributed by atoms with Crippen molar-refractivity contribution in [2.75, 3.05) is 44.3 Å². The minimum atomic E-state index is -0.534. The molecule has 1 amide bonds. The Kier molecular flexibility index (Phi) is 6.73. The maximum Gasteiger partial charge on any atom is 0.340 e. The van der Waals surface area contributed by atoms with Crippen molar-refractivity contribution >= 4 is 38.7 Å². The molecule has 0 bridgehead atoms. The van der Waals surface area contributed by atoms with Crippen LogP contribution in [0.2, 0.25) is 0 Å². The monoisotopic (exact) mass is 480 g/mol. The first-order valence-corrected chi connectivity index (χ1v) is 12.6. The van der Waals surface area contributed by atoms with Crippen LogP contribution in [0, 0.1) is 0 Å². The Hall–Kier alpha value is -3.04. The Bertz CT molecular complexity index is 1180. The average molecular weight is 481 g/mol. The van der Waals surface area contributed by atoms with Gasteiger partial charge >= 0.3 is 5.97 Å². The van der Waals surface area contributed by atoms with Crippen molar-refractivity contribution in [1.29, 1.82) is 0 Å². The van der Waals surface area contributed by atoms with Gasteiger partial charge in [-0.2, -0.15) is 4.98 Å². The van der Waals surface area contributed by atoms with E-state index in [0.29, 0.717) is 41.3 Å². The first kappa shape index (κ1) is 22.7. The Morgan fingerprint density at radius 3 is 2.68 bits per heavy atom. The molecule has 9 heteroatoms. The second kappa shape index (κ2) is 10.1. The number of ether oxygens (including phenoxy) is 2. The minimum Gasteiger partial charge on any atom is -0.452 e. The SMILES string of the molecule is CC1CN(C(=O)COC(=O)c2cc(-c3ccccc3)nc3nc(N4CCCCC4)sc23)CCO1. The highest BCUT2D eigenvalue weighted by Crippen LogP contribution is 2.34. The molecule has 4 heterocycles. The summed E-state index contributed by atoms with van der Waals surface area (Å²) in [5, 5.41) is 0.875. The summed E-state index contributed by atoms with van der Waals surface area (Å²) < 4.78 is 11.7. The summed E-state index contributed by atoms with van der Waals surface area (Å²) in [5.41, 5.74) is 2.48. The number of fused-ring (bicyclic) bond motifs is 1. The van der Waals surface area contributed by atoms with E-state index in [1.807, 2.05) is 37.3 Å². The van der Waals surface area contributed by atoms with Gasteiger partial charge in [0.1, 0.15) is 0 Å². The van der Waals surface area contributed by atoms with Gasteiger partial charge < -0.3 is 19.3 Å². The van der Waals surface area contributed by atoms with E-state index in [2.05, 4.69) is 4.90 Å². The third-order valence-electron chi connectivity index (χ3n) is 6.19. The number of hydrogen-bond acceptors (Lipinski definition) is 8. The highest BCUT2D eigenvalue weighted by molar-refractivity contribution is 7.22. The molecule has 8 nitrogen and oxygen atoms in total. The van der Waals surface area contributed by atoms with Gasteiger partial charge in [0.2, 0.25) is 0 Å². The lowest BCUT2D eigenvalue weighted by Crippen LogP contribution is -2.46. The maximum atomic E-state index is 13.2. The van der Waals surface area contributed by atoms with Crippen LogP contribution in [0.5, 0.6) is 0 Å². The van der Waals surface area contributed by atoms with Gasteiger partial charge in [0, 0.05) is 31.7 Å². The molecule has 0 aliphatic carbocycles. The molecular weight excluding hydrogens is 452 g/mol. The molecule has 178 valence electrons. The van der Waals surface area contributed by atoms with Gasteiger partial charge in [-0.15, -0.1) is 0 Å². The third kappa shape index (κ3) is 4.90. The first-order chi connectivity index (χ1) is 16.6. The number of aromatic nitrogens is 2. The lowest BCUT2D eigenvalue weighted by molar-refractivity contribution is -0.141. The first-order valence-electron chi connectivity index (χ1n) is 11.8. The molecule has 3 aromatic rings. The fourth-order valence-corrected chi connectivity index (χ4v) is 5.43. The number of pyridine rings is 1. The fourth-order valence-electron chi connectivity index (χ4n) is 4.37. The van der Waals surface area contributed by atoms with Crippen molar-refractivity contribution in [1.82, 2.24) is 14.9 Å². The zero-order valence-electron chi connectivity index (χ0n) is 19.2. The highest BCUT2D eigenvalue weighted by Gasteiger charge is 2.25. The predicted molar refractivity (Wildman–Crippen MR) is 131 cm³/mol. The van der Waals surface area contributed by atoms with Crippen LogP contribution in [0.25, 0.3) is 21.6 Å². The Morgan fingerprint density at radius 2 is 1.91 bits per heavy atom. The molecule has 1 aromatic carbocycles. The van der Waals surface area contributed by atoms with Crippen LogP contribution in [-0.2, 0) is 14.3 Å². The molecule has 2 aliphatic rings. The number of anilines is 1. The molecular formula is C25H28N4O4S. The summed E-state index contributed by atoms with van der Waals surface area (Å²) in [7, 11) is 0. The Labute approximate surface area is 202 Å². The maximum absolute atomic E-state index is 13.2. The number of thiazole rings is 1. The van der Waals surface area contributed by atoms with E-state index in [1.54, 1.807) is 11.0 Å². The van der Waals surface area contributed by atoms with E-state index in [4.69, 9.17) is 19.4 Å². The number of rotatable bonds is 5. The number of hydrogen-bond donors (Lipinski definition) is 0. The average Bonchev–Trinajstić information content (AvgIpc) is 3.32. The second-order valence-corrected chi connectivity index (χ2v) is 9.69. The molecule has 0 spiro atoms. The van der Waals surface area contributed by atoms with E-state index in [0.717, 1.165) is 36.6 Å². The number of piperidine rings is 1. The van der Waals surface area contributed by atoms with Crippen LogP contribution >= 0.6 is 11.3 Å². The largest absolute Gasteiger partial charge is 0.452 e. The molecule has 34 heavy (non-hydrogen) atoms. The van der Waals surface area contributed by atoms with Crippen LogP contribution in [0.3, 0.4) is 0 Å². The quantitative estimate of drug-likeness (QED) is 0.514. The number of nitrogens with zero attached hydrogens (tertiary/aromatic N) is 4. The fraction of sp³-hybridized carbons (Fsp3) is 0.440. The van der Waals surface area contributed by atoms with Crippen molar-refractivity contribution in [2.24, 2.45) is 0 Å². The van der Waals surface area contributed by atoms with E-state index in [1.165, 1.54) is 17.8 Å². The van der Waals surface area contributed by atoms with Gasteiger partial charge in [-0.05, 0) is 32.3 Å². The second-order valence-electron chi connectivity index (χ2n) is 8.72. The summed E-state index contributed by atoms with van der Waals surface area (Å²) >= 11 is 1.46. The van der Waals surface area contributed by atoms with Crippen LogP contribution in [-0.4, -0.2) is 72.2 Å². The van der Waals surface area contributed by atoms with Crippen LogP contribution < -0.4 is 4.90 Å². The smallest absolute Gasteiger partial charge is 0.340 e. The van der Waals surface area contributed by atoms with Crippen molar-refractivity contribution < 1.29 is 19.1 Å². The molecule has 2 aromatic heterocycles. The number of carbonyl (C=O) groups is 2. The molecule has 5 rings (SSSR count). The highest BCUT2D eigenvalue weighted by atomic mass is 32.1. The van der Waals surface area contributed by atoms with Gasteiger partial charge in [0.05, 0.1) is 28.7 Å². The molecule has 0 N–H and O–H groups in total. The summed E-state index contributed by atoms with van der Waals surface area (Å²) in [6.45, 7) is 5.04. The molecule has 1 atom stereocenters. The minimum absolute atomic E-state index is 0.0212. The lowest BCUT2D eigenvalue weighted by atomic mass is 10.1. The number of benzene rings is 1. The Morgan fingerprint density at radius 1 is 1.12 bits per heavy atom. The standard InChI is InChI=1S/C25H28N4O4S/c1-17-15-29(12-13-32-17)21(30)16-33-24(31)19-14-20(18-8-4-2-5-9-18)26-23-22(19)34-25(27-23)28-10-6-3-7-11-28/h2,4-5,8-9,14,17H,3,6-7,10-13,15-16H2,1H3. The summed E-state index contributed by atoms with van der Waals surface area (Å²) in [6.07, 6.45) is 3.48. The zero-order valence-corrected chi connectivity index (χ0v) is 20.1. The van der Waals surface area contributed by atoms with Crippen molar-refractivity contribution in [3.63, 3.8) is 0 Å². The number of carbonyl (C=O) groups excluding carboxylic acids is 2. The van der Waals surface area contributed by atoms with Crippen molar-refractivity contribution in [3.05, 3.63) is 42.0 Å². The van der Waals surface area contributed by atoms with Crippen LogP contribution in [0.4, 0.5) is 5.13 Å². The van der Waals surface area contributed by atoms with Gasteiger partial charge in [0.15, 0.2) is 17.4 Å². The molecule has 2 aliphatic heterocycles. The number of amides is 1. The van der Waals surface area contributed by atoms with E-state index < -0.39 is 5.97 Å². The summed E-state index contributed by atoms with van der Waals surface area (Å²) in [5.74, 6) is -0.747. The van der Waals surface area contributed by atoms with E-state index in [9.17, 15) is 9.59 Å². The molecule has 0 radical (unpaired) electrons. The lowest BCUT2D eigenvalue weighted by Gasteiger charge is -2.30. The van der Waals surface area contributed by atoms with Gasteiger partial charge in [0.25, 0.3) is 5.91 Å². The van der Waals surface area contributed by atoms with Crippen molar-refractivity contribution in [3.8, 4) is 11.3 Å². The van der Waals surface area contributed by atoms with Crippen LogP contribution in [0.1, 0.15) is 36.5 Å². The van der Waals surface area contributed by atoms with E-state index in [-0.39, 0.29) is 18.6 Å².